The fraction of sp³-hybridized carbons (Fsp3) is 0.259. The SMILES string of the molecule is CC(C)NC(=O)Cn1c(-c2cccc(Cl)c2)nc2ncc(-c3ccc(Cl)c(CN(C)C)c3)cc2c1=O. The Morgan fingerprint density at radius 3 is 2.53 bits per heavy atom. The van der Waals surface area contributed by atoms with Gasteiger partial charge in [-0.2, -0.15) is 0 Å². The van der Waals surface area contributed by atoms with Crippen LogP contribution in [0.1, 0.15) is 19.4 Å². The van der Waals surface area contributed by atoms with Gasteiger partial charge >= 0.3 is 0 Å². The van der Waals surface area contributed by atoms with Gasteiger partial charge < -0.3 is 10.2 Å². The molecule has 36 heavy (non-hydrogen) atoms. The van der Waals surface area contributed by atoms with Gasteiger partial charge in [-0.3, -0.25) is 14.2 Å². The van der Waals surface area contributed by atoms with E-state index < -0.39 is 0 Å². The predicted octanol–water partition coefficient (Wildman–Crippen LogP) is 5.02. The Morgan fingerprint density at radius 1 is 1.06 bits per heavy atom. The van der Waals surface area contributed by atoms with E-state index in [2.05, 4.69) is 15.3 Å². The Kier molecular flexibility index (Phi) is 7.73. The summed E-state index contributed by atoms with van der Waals surface area (Å²) in [5.74, 6) is 0.0422. The van der Waals surface area contributed by atoms with Crippen molar-refractivity contribution in [2.24, 2.45) is 0 Å². The van der Waals surface area contributed by atoms with Crippen molar-refractivity contribution in [1.29, 1.82) is 0 Å². The standard InChI is InChI=1S/C27H27Cl2N5O2/c1-16(2)31-24(35)15-34-26(18-6-5-7-21(28)11-18)32-25-22(27(34)36)12-19(13-30-25)17-8-9-23(29)20(10-17)14-33(3)4/h5-13,16H,14-15H2,1-4H3,(H,31,35). The second-order valence-corrected chi connectivity index (χ2v) is 10.0. The molecule has 186 valence electrons. The van der Waals surface area contributed by atoms with Crippen LogP contribution < -0.4 is 10.9 Å². The second-order valence-electron chi connectivity index (χ2n) is 9.20. The van der Waals surface area contributed by atoms with Crippen molar-refractivity contribution in [3.05, 3.63) is 80.7 Å². The molecule has 0 bridgehead atoms. The van der Waals surface area contributed by atoms with Crippen molar-refractivity contribution in [3.8, 4) is 22.5 Å². The first kappa shape index (κ1) is 25.8. The number of rotatable bonds is 7. The van der Waals surface area contributed by atoms with Gasteiger partial charge in [-0.15, -0.1) is 0 Å². The van der Waals surface area contributed by atoms with E-state index in [1.165, 1.54) is 4.57 Å². The van der Waals surface area contributed by atoms with E-state index in [9.17, 15) is 9.59 Å². The number of hydrogen-bond donors (Lipinski definition) is 1. The zero-order valence-electron chi connectivity index (χ0n) is 20.5. The Bertz CT molecular complexity index is 1500. The van der Waals surface area contributed by atoms with Crippen LogP contribution in [0.15, 0.2) is 59.5 Å². The summed E-state index contributed by atoms with van der Waals surface area (Å²) in [5, 5.41) is 4.33. The van der Waals surface area contributed by atoms with E-state index in [0.29, 0.717) is 39.0 Å². The van der Waals surface area contributed by atoms with Crippen LogP contribution in [0.4, 0.5) is 0 Å². The van der Waals surface area contributed by atoms with Crippen molar-refractivity contribution < 1.29 is 4.79 Å². The number of fused-ring (bicyclic) bond motifs is 1. The molecular weight excluding hydrogens is 497 g/mol. The molecular formula is C27H27Cl2N5O2. The van der Waals surface area contributed by atoms with Gasteiger partial charge in [0.2, 0.25) is 5.91 Å². The molecule has 0 aliphatic carbocycles. The second kappa shape index (κ2) is 10.8. The molecule has 0 spiro atoms. The van der Waals surface area contributed by atoms with Crippen LogP contribution in [-0.2, 0) is 17.9 Å². The van der Waals surface area contributed by atoms with Crippen molar-refractivity contribution in [3.63, 3.8) is 0 Å². The lowest BCUT2D eigenvalue weighted by molar-refractivity contribution is -0.122. The average Bonchev–Trinajstić information content (AvgIpc) is 2.81. The van der Waals surface area contributed by atoms with Crippen LogP contribution in [-0.4, -0.2) is 45.5 Å². The number of carbonyl (C=O) groups excluding carboxylic acids is 1. The molecule has 2 aromatic carbocycles. The van der Waals surface area contributed by atoms with Gasteiger partial charge in [0.25, 0.3) is 5.56 Å². The summed E-state index contributed by atoms with van der Waals surface area (Å²) in [6.07, 6.45) is 1.69. The Balaban J connectivity index is 1.88. The highest BCUT2D eigenvalue weighted by atomic mass is 35.5. The number of nitrogens with one attached hydrogen (secondary N) is 1. The van der Waals surface area contributed by atoms with Gasteiger partial charge in [-0.1, -0.05) is 41.4 Å². The number of carbonyl (C=O) groups is 1. The molecule has 0 unspecified atom stereocenters. The lowest BCUT2D eigenvalue weighted by Gasteiger charge is -2.15. The van der Waals surface area contributed by atoms with Crippen molar-refractivity contribution in [2.45, 2.75) is 33.0 Å². The fourth-order valence-electron chi connectivity index (χ4n) is 3.99. The molecule has 7 nitrogen and oxygen atoms in total. The maximum atomic E-state index is 13.7. The molecule has 0 aliphatic heterocycles. The minimum atomic E-state index is -0.356. The normalized spacial score (nSPS) is 11.4. The highest BCUT2D eigenvalue weighted by Crippen LogP contribution is 2.28. The lowest BCUT2D eigenvalue weighted by Crippen LogP contribution is -2.37. The average molecular weight is 524 g/mol. The molecule has 1 N–H and O–H groups in total. The maximum Gasteiger partial charge on any atom is 0.263 e. The molecule has 0 fully saturated rings. The van der Waals surface area contributed by atoms with Crippen LogP contribution in [0.3, 0.4) is 0 Å². The molecule has 2 aromatic heterocycles. The van der Waals surface area contributed by atoms with E-state index in [1.807, 2.05) is 51.0 Å². The van der Waals surface area contributed by atoms with Gasteiger partial charge in [0.1, 0.15) is 12.4 Å². The monoisotopic (exact) mass is 523 g/mol. The highest BCUT2D eigenvalue weighted by Gasteiger charge is 2.18. The molecule has 4 rings (SSSR count). The van der Waals surface area contributed by atoms with E-state index in [0.717, 1.165) is 16.7 Å². The summed E-state index contributed by atoms with van der Waals surface area (Å²) in [6, 6.07) is 14.4. The lowest BCUT2D eigenvalue weighted by atomic mass is 10.0. The van der Waals surface area contributed by atoms with Gasteiger partial charge in [0.05, 0.1) is 5.39 Å². The summed E-state index contributed by atoms with van der Waals surface area (Å²) in [6.45, 7) is 4.23. The van der Waals surface area contributed by atoms with Gasteiger partial charge in [-0.05, 0) is 69.4 Å². The first-order valence-electron chi connectivity index (χ1n) is 11.5. The van der Waals surface area contributed by atoms with Crippen LogP contribution >= 0.6 is 23.2 Å². The minimum absolute atomic E-state index is 0.0641. The summed E-state index contributed by atoms with van der Waals surface area (Å²) < 4.78 is 1.37. The van der Waals surface area contributed by atoms with Crippen LogP contribution in [0, 0.1) is 0 Å². The third-order valence-electron chi connectivity index (χ3n) is 5.51. The molecule has 4 aromatic rings. The number of nitrogens with zero attached hydrogens (tertiary/aromatic N) is 4. The third-order valence-corrected chi connectivity index (χ3v) is 6.11. The summed E-state index contributed by atoms with van der Waals surface area (Å²) in [5.41, 5.74) is 3.17. The Hall–Kier alpha value is -3.26. The quantitative estimate of drug-likeness (QED) is 0.367. The molecule has 0 atom stereocenters. The molecule has 0 saturated heterocycles. The van der Waals surface area contributed by atoms with Crippen molar-refractivity contribution in [1.82, 2.24) is 24.8 Å². The largest absolute Gasteiger partial charge is 0.352 e. The zero-order valence-corrected chi connectivity index (χ0v) is 22.1. The third kappa shape index (κ3) is 5.75. The number of aromatic nitrogens is 3. The van der Waals surface area contributed by atoms with Gasteiger partial charge in [0, 0.05) is 40.0 Å². The Labute approximate surface area is 219 Å². The molecule has 2 heterocycles. The van der Waals surface area contributed by atoms with E-state index in [4.69, 9.17) is 23.2 Å². The topological polar surface area (TPSA) is 80.1 Å². The fourth-order valence-corrected chi connectivity index (χ4v) is 4.35. The highest BCUT2D eigenvalue weighted by molar-refractivity contribution is 6.31. The van der Waals surface area contributed by atoms with Crippen LogP contribution in [0.2, 0.25) is 10.0 Å². The van der Waals surface area contributed by atoms with Gasteiger partial charge in [-0.25, -0.2) is 9.97 Å². The zero-order chi connectivity index (χ0) is 26.0. The summed E-state index contributed by atoms with van der Waals surface area (Å²) >= 11 is 12.6. The van der Waals surface area contributed by atoms with Crippen LogP contribution in [0.25, 0.3) is 33.5 Å². The molecule has 1 amide bonds. The predicted molar refractivity (Wildman–Crippen MR) is 145 cm³/mol. The number of halogens is 2. The summed E-state index contributed by atoms with van der Waals surface area (Å²) in [7, 11) is 3.95. The molecule has 0 aliphatic rings. The van der Waals surface area contributed by atoms with Crippen LogP contribution in [0.5, 0.6) is 0 Å². The molecule has 0 radical (unpaired) electrons. The Morgan fingerprint density at radius 2 is 1.83 bits per heavy atom. The first-order chi connectivity index (χ1) is 17.1. The first-order valence-corrected chi connectivity index (χ1v) is 12.3. The van der Waals surface area contributed by atoms with E-state index in [1.54, 1.807) is 36.5 Å². The number of hydrogen-bond acceptors (Lipinski definition) is 5. The van der Waals surface area contributed by atoms with Crippen molar-refractivity contribution >= 4 is 40.1 Å². The smallest absolute Gasteiger partial charge is 0.263 e. The number of pyridine rings is 1. The van der Waals surface area contributed by atoms with Crippen molar-refractivity contribution in [2.75, 3.05) is 14.1 Å². The number of amides is 1. The van der Waals surface area contributed by atoms with Gasteiger partial charge in [0.15, 0.2) is 5.65 Å². The molecule has 9 heteroatoms. The van der Waals surface area contributed by atoms with E-state index in [-0.39, 0.29) is 24.1 Å². The number of benzene rings is 2. The maximum absolute atomic E-state index is 13.7. The minimum Gasteiger partial charge on any atom is -0.352 e. The molecule has 0 saturated carbocycles. The van der Waals surface area contributed by atoms with E-state index >= 15 is 0 Å². The summed E-state index contributed by atoms with van der Waals surface area (Å²) in [4.78, 5) is 37.6.